The first kappa shape index (κ1) is 15.8. The van der Waals surface area contributed by atoms with E-state index in [1.807, 2.05) is 20.8 Å². The Morgan fingerprint density at radius 3 is 2.53 bits per heavy atom. The molecule has 0 bridgehead atoms. The van der Waals surface area contributed by atoms with Crippen LogP contribution < -0.4 is 0 Å². The van der Waals surface area contributed by atoms with Gasteiger partial charge in [-0.3, -0.25) is 9.59 Å². The van der Waals surface area contributed by atoms with Crippen LogP contribution in [-0.2, 0) is 14.3 Å². The number of ketones is 1. The van der Waals surface area contributed by atoms with Gasteiger partial charge in [-0.15, -0.1) is 0 Å². The van der Waals surface area contributed by atoms with Gasteiger partial charge in [0.25, 0.3) is 0 Å². The van der Waals surface area contributed by atoms with E-state index in [4.69, 9.17) is 17.0 Å². The zero-order chi connectivity index (χ0) is 14.8. The Bertz CT molecular complexity index is 448. The van der Waals surface area contributed by atoms with E-state index in [-0.39, 0.29) is 17.1 Å². The summed E-state index contributed by atoms with van der Waals surface area (Å²) in [5.74, 6) is -1.80. The average Bonchev–Trinajstić information content (AvgIpc) is 2.26. The van der Waals surface area contributed by atoms with Crippen molar-refractivity contribution < 1.29 is 19.4 Å². The molecular weight excluding hydrogens is 264 g/mol. The fraction of sp³-hybridized carbons (Fsp3) is 0.643. The Morgan fingerprint density at radius 1 is 1.47 bits per heavy atom. The van der Waals surface area contributed by atoms with Crippen molar-refractivity contribution in [2.75, 3.05) is 7.11 Å². The summed E-state index contributed by atoms with van der Waals surface area (Å²) in [6, 6.07) is 0. The van der Waals surface area contributed by atoms with Crippen molar-refractivity contribution >= 4 is 28.8 Å². The topological polar surface area (TPSA) is 63.6 Å². The number of allylic oxidation sites excluding steroid dienone is 1. The van der Waals surface area contributed by atoms with Crippen LogP contribution in [0.3, 0.4) is 0 Å². The van der Waals surface area contributed by atoms with Gasteiger partial charge >= 0.3 is 5.97 Å². The number of rotatable bonds is 4. The molecular formula is C14H20O4S. The molecule has 0 unspecified atom stereocenters. The van der Waals surface area contributed by atoms with E-state index in [2.05, 4.69) is 0 Å². The standard InChI is InChI=1S/C14H20O4S/c1-5-6-8(15)10-9(19)7-14(2,3)11(12(10)16)13(17)18-4/h11,16H,5-7H2,1-4H3/t11-/m1/s1. The van der Waals surface area contributed by atoms with E-state index < -0.39 is 17.3 Å². The van der Waals surface area contributed by atoms with Crippen LogP contribution in [0.5, 0.6) is 0 Å². The van der Waals surface area contributed by atoms with E-state index in [9.17, 15) is 14.7 Å². The van der Waals surface area contributed by atoms with E-state index in [1.165, 1.54) is 7.11 Å². The molecule has 1 atom stereocenters. The highest BCUT2D eigenvalue weighted by Gasteiger charge is 2.46. The van der Waals surface area contributed by atoms with Crippen LogP contribution in [0.25, 0.3) is 0 Å². The minimum atomic E-state index is -0.833. The highest BCUT2D eigenvalue weighted by atomic mass is 32.1. The van der Waals surface area contributed by atoms with Crippen LogP contribution in [0, 0.1) is 11.3 Å². The largest absolute Gasteiger partial charge is 0.511 e. The van der Waals surface area contributed by atoms with Gasteiger partial charge in [-0.25, -0.2) is 0 Å². The summed E-state index contributed by atoms with van der Waals surface area (Å²) >= 11 is 5.23. The molecule has 19 heavy (non-hydrogen) atoms. The third kappa shape index (κ3) is 3.03. The first-order valence-electron chi connectivity index (χ1n) is 6.33. The second-order valence-corrected chi connectivity index (χ2v) is 5.97. The van der Waals surface area contributed by atoms with Crippen molar-refractivity contribution in [1.82, 2.24) is 0 Å². The lowest BCUT2D eigenvalue weighted by molar-refractivity contribution is -0.149. The molecule has 0 aromatic rings. The lowest BCUT2D eigenvalue weighted by Crippen LogP contribution is -2.41. The van der Waals surface area contributed by atoms with E-state index in [0.29, 0.717) is 24.1 Å². The molecule has 1 aliphatic carbocycles. The summed E-state index contributed by atoms with van der Waals surface area (Å²) in [4.78, 5) is 24.3. The summed E-state index contributed by atoms with van der Waals surface area (Å²) < 4.78 is 4.73. The van der Waals surface area contributed by atoms with Crippen LogP contribution in [-0.4, -0.2) is 28.8 Å². The summed E-state index contributed by atoms with van der Waals surface area (Å²) in [5.41, 5.74) is -0.406. The van der Waals surface area contributed by atoms with E-state index in [0.717, 1.165) is 0 Å². The molecule has 0 saturated carbocycles. The normalized spacial score (nSPS) is 22.3. The molecule has 4 nitrogen and oxygen atoms in total. The smallest absolute Gasteiger partial charge is 0.316 e. The predicted octanol–water partition coefficient (Wildman–Crippen LogP) is 2.76. The molecule has 1 rings (SSSR count). The molecule has 1 aliphatic rings. The fourth-order valence-corrected chi connectivity index (χ4v) is 3.05. The maximum Gasteiger partial charge on any atom is 0.316 e. The number of methoxy groups -OCH3 is 1. The first-order valence-corrected chi connectivity index (χ1v) is 6.74. The fourth-order valence-electron chi connectivity index (χ4n) is 2.46. The molecule has 0 aromatic carbocycles. The Kier molecular flexibility index (Phi) is 4.85. The van der Waals surface area contributed by atoms with Crippen LogP contribution in [0.15, 0.2) is 11.3 Å². The maximum atomic E-state index is 12.0. The number of thiocarbonyl (C=S) groups is 1. The van der Waals surface area contributed by atoms with Gasteiger partial charge in [-0.2, -0.15) is 0 Å². The summed E-state index contributed by atoms with van der Waals surface area (Å²) in [6.07, 6.45) is 1.40. The minimum absolute atomic E-state index is 0.145. The number of esters is 1. The number of carbonyl (C=O) groups is 2. The Hall–Kier alpha value is -1.23. The number of hydrogen-bond donors (Lipinski definition) is 1. The zero-order valence-corrected chi connectivity index (χ0v) is 12.6. The third-order valence-electron chi connectivity index (χ3n) is 3.40. The summed E-state index contributed by atoms with van der Waals surface area (Å²) in [7, 11) is 1.27. The Morgan fingerprint density at radius 2 is 2.05 bits per heavy atom. The van der Waals surface area contributed by atoms with Crippen molar-refractivity contribution in [2.45, 2.75) is 40.0 Å². The number of aliphatic hydroxyl groups excluding tert-OH is 1. The number of carbonyl (C=O) groups excluding carboxylic acids is 2. The van der Waals surface area contributed by atoms with Gasteiger partial charge < -0.3 is 9.84 Å². The zero-order valence-electron chi connectivity index (χ0n) is 11.8. The molecule has 0 spiro atoms. The van der Waals surface area contributed by atoms with Crippen molar-refractivity contribution in [2.24, 2.45) is 11.3 Å². The lowest BCUT2D eigenvalue weighted by Gasteiger charge is -2.37. The first-order chi connectivity index (χ1) is 8.76. The van der Waals surface area contributed by atoms with Gasteiger partial charge in [-0.05, 0) is 18.3 Å². The Labute approximate surface area is 118 Å². The lowest BCUT2D eigenvalue weighted by atomic mass is 9.68. The molecule has 0 saturated heterocycles. The molecule has 0 aromatic heterocycles. The summed E-state index contributed by atoms with van der Waals surface area (Å²) in [5, 5.41) is 10.3. The molecule has 0 heterocycles. The maximum absolute atomic E-state index is 12.0. The van der Waals surface area contributed by atoms with Crippen LogP contribution in [0.4, 0.5) is 0 Å². The number of aliphatic hydroxyl groups is 1. The van der Waals surface area contributed by atoms with Crippen molar-refractivity contribution in [3.05, 3.63) is 11.3 Å². The van der Waals surface area contributed by atoms with Gasteiger partial charge in [-0.1, -0.05) is 33.0 Å². The van der Waals surface area contributed by atoms with Crippen molar-refractivity contribution in [1.29, 1.82) is 0 Å². The van der Waals surface area contributed by atoms with Gasteiger partial charge in [0.1, 0.15) is 11.7 Å². The number of hydrogen-bond acceptors (Lipinski definition) is 5. The molecule has 0 aliphatic heterocycles. The Balaban J connectivity index is 3.31. The number of Topliss-reactive ketones (excluding diaryl/α,β-unsaturated/α-hetero) is 1. The second kappa shape index (κ2) is 5.82. The van der Waals surface area contributed by atoms with Gasteiger partial charge in [0.2, 0.25) is 0 Å². The van der Waals surface area contributed by atoms with E-state index >= 15 is 0 Å². The quantitative estimate of drug-likeness (QED) is 0.635. The van der Waals surface area contributed by atoms with Crippen molar-refractivity contribution in [3.63, 3.8) is 0 Å². The third-order valence-corrected chi connectivity index (χ3v) is 3.75. The van der Waals surface area contributed by atoms with Crippen LogP contribution >= 0.6 is 12.2 Å². The van der Waals surface area contributed by atoms with Gasteiger partial charge in [0.05, 0.1) is 12.7 Å². The number of ether oxygens (including phenoxy) is 1. The van der Waals surface area contributed by atoms with Crippen LogP contribution in [0.1, 0.15) is 40.0 Å². The van der Waals surface area contributed by atoms with Gasteiger partial charge in [0.15, 0.2) is 5.78 Å². The van der Waals surface area contributed by atoms with Crippen molar-refractivity contribution in [3.8, 4) is 0 Å². The molecule has 0 radical (unpaired) electrons. The highest BCUT2D eigenvalue weighted by molar-refractivity contribution is 7.81. The molecule has 106 valence electrons. The minimum Gasteiger partial charge on any atom is -0.511 e. The monoisotopic (exact) mass is 284 g/mol. The molecule has 0 amide bonds. The highest BCUT2D eigenvalue weighted by Crippen LogP contribution is 2.42. The van der Waals surface area contributed by atoms with Gasteiger partial charge in [0, 0.05) is 11.3 Å². The van der Waals surface area contributed by atoms with E-state index in [1.54, 1.807) is 0 Å². The van der Waals surface area contributed by atoms with Crippen LogP contribution in [0.2, 0.25) is 0 Å². The molecule has 0 fully saturated rings. The summed E-state index contributed by atoms with van der Waals surface area (Å²) in [6.45, 7) is 5.54. The predicted molar refractivity (Wildman–Crippen MR) is 76.1 cm³/mol. The molecule has 1 N–H and O–H groups in total. The molecule has 5 heteroatoms. The average molecular weight is 284 g/mol. The SMILES string of the molecule is CCCC(=O)C1=C(O)[C@H](C(=O)OC)C(C)(C)CC1=S. The second-order valence-electron chi connectivity index (χ2n) is 5.48.